The fraction of sp³-hybridized carbons (Fsp3) is 0.647. The molecule has 132 valence electrons. The van der Waals surface area contributed by atoms with Crippen LogP contribution in [0.1, 0.15) is 37.2 Å². The van der Waals surface area contributed by atoms with Gasteiger partial charge >= 0.3 is 0 Å². The van der Waals surface area contributed by atoms with Crippen molar-refractivity contribution < 1.29 is 13.3 Å². The van der Waals surface area contributed by atoms with Crippen molar-refractivity contribution >= 4 is 0 Å². The van der Waals surface area contributed by atoms with E-state index in [4.69, 9.17) is 8.94 Å². The molecule has 7 heteroatoms. The number of hydrogen-bond acceptors (Lipinski definition) is 6. The molecule has 1 saturated heterocycles. The van der Waals surface area contributed by atoms with Crippen molar-refractivity contribution in [3.05, 3.63) is 35.9 Å². The molecule has 3 atom stereocenters. The van der Waals surface area contributed by atoms with Crippen LogP contribution in [0, 0.1) is 6.92 Å². The number of aromatic nitrogens is 2. The van der Waals surface area contributed by atoms with Gasteiger partial charge in [0, 0.05) is 38.5 Å². The molecule has 0 radical (unpaired) electrons. The summed E-state index contributed by atoms with van der Waals surface area (Å²) in [6.07, 6.45) is 3.36. The highest BCUT2D eigenvalue weighted by atomic mass is 19.1. The summed E-state index contributed by atoms with van der Waals surface area (Å²) < 4.78 is 24.2. The number of nitrogens with zero attached hydrogens (tertiary/aromatic N) is 3. The van der Waals surface area contributed by atoms with Gasteiger partial charge in [0.2, 0.25) is 5.89 Å². The number of halogens is 1. The van der Waals surface area contributed by atoms with E-state index in [9.17, 15) is 4.39 Å². The molecule has 0 bridgehead atoms. The van der Waals surface area contributed by atoms with Crippen LogP contribution in [0.5, 0.6) is 0 Å². The van der Waals surface area contributed by atoms with Gasteiger partial charge in [0.1, 0.15) is 11.9 Å². The maximum atomic E-state index is 13.8. The van der Waals surface area contributed by atoms with Crippen LogP contribution in [0.3, 0.4) is 0 Å². The van der Waals surface area contributed by atoms with Crippen molar-refractivity contribution in [2.75, 3.05) is 13.1 Å². The molecule has 1 N–H and O–H groups in total. The molecule has 0 saturated carbocycles. The lowest BCUT2D eigenvalue weighted by Gasteiger charge is -2.24. The SMILES string of the molecule is Cc1nc(CN2C[C@@H](F)C[C@H]2CN[C@@H](C)CCc2ccco2)no1. The lowest BCUT2D eigenvalue weighted by molar-refractivity contribution is 0.218. The van der Waals surface area contributed by atoms with E-state index in [1.807, 2.05) is 12.1 Å². The van der Waals surface area contributed by atoms with Crippen LogP contribution in [-0.2, 0) is 13.0 Å². The van der Waals surface area contributed by atoms with Crippen LogP contribution in [0.2, 0.25) is 0 Å². The maximum Gasteiger partial charge on any atom is 0.223 e. The molecule has 1 aliphatic rings. The molecule has 24 heavy (non-hydrogen) atoms. The minimum atomic E-state index is -0.789. The molecule has 0 spiro atoms. The van der Waals surface area contributed by atoms with E-state index in [-0.39, 0.29) is 6.04 Å². The quantitative estimate of drug-likeness (QED) is 0.799. The number of furan rings is 1. The third-order valence-corrected chi connectivity index (χ3v) is 4.50. The van der Waals surface area contributed by atoms with Crippen molar-refractivity contribution in [2.24, 2.45) is 0 Å². The minimum absolute atomic E-state index is 0.157. The van der Waals surface area contributed by atoms with Crippen molar-refractivity contribution in [2.45, 2.75) is 57.9 Å². The van der Waals surface area contributed by atoms with Crippen LogP contribution < -0.4 is 5.32 Å². The number of rotatable bonds is 8. The van der Waals surface area contributed by atoms with E-state index in [1.54, 1.807) is 13.2 Å². The third kappa shape index (κ3) is 4.64. The Bertz CT molecular complexity index is 616. The first-order chi connectivity index (χ1) is 11.6. The van der Waals surface area contributed by atoms with Gasteiger partial charge in [0.25, 0.3) is 0 Å². The Kier molecular flexibility index (Phi) is 5.63. The zero-order chi connectivity index (χ0) is 16.9. The number of likely N-dealkylation sites (tertiary alicyclic amines) is 1. The number of aryl methyl sites for hydroxylation is 2. The van der Waals surface area contributed by atoms with Gasteiger partial charge in [-0.2, -0.15) is 4.98 Å². The summed E-state index contributed by atoms with van der Waals surface area (Å²) in [7, 11) is 0. The molecule has 0 aliphatic carbocycles. The van der Waals surface area contributed by atoms with Gasteiger partial charge in [-0.25, -0.2) is 4.39 Å². The average Bonchev–Trinajstić information content (AvgIpc) is 3.26. The smallest absolute Gasteiger partial charge is 0.223 e. The van der Waals surface area contributed by atoms with Crippen LogP contribution in [-0.4, -0.2) is 46.4 Å². The largest absolute Gasteiger partial charge is 0.469 e. The molecular formula is C17H25FN4O2. The summed E-state index contributed by atoms with van der Waals surface area (Å²) in [6, 6.07) is 4.41. The molecule has 1 fully saturated rings. The molecule has 0 amide bonds. The molecular weight excluding hydrogens is 311 g/mol. The molecule has 1 aliphatic heterocycles. The summed E-state index contributed by atoms with van der Waals surface area (Å²) in [5.74, 6) is 2.17. The first kappa shape index (κ1) is 17.1. The Hall–Kier alpha value is -1.73. The molecule has 0 aromatic carbocycles. The van der Waals surface area contributed by atoms with Gasteiger partial charge in [0.05, 0.1) is 12.8 Å². The fourth-order valence-corrected chi connectivity index (χ4v) is 3.17. The van der Waals surface area contributed by atoms with Gasteiger partial charge < -0.3 is 14.3 Å². The van der Waals surface area contributed by atoms with Gasteiger partial charge in [-0.15, -0.1) is 0 Å². The summed E-state index contributed by atoms with van der Waals surface area (Å²) in [4.78, 5) is 6.31. The monoisotopic (exact) mass is 336 g/mol. The summed E-state index contributed by atoms with van der Waals surface area (Å²) in [5, 5.41) is 7.43. The molecule has 2 aromatic rings. The van der Waals surface area contributed by atoms with Gasteiger partial charge in [-0.3, -0.25) is 4.90 Å². The molecule has 6 nitrogen and oxygen atoms in total. The highest BCUT2D eigenvalue weighted by Crippen LogP contribution is 2.22. The summed E-state index contributed by atoms with van der Waals surface area (Å²) >= 11 is 0. The zero-order valence-electron chi connectivity index (χ0n) is 14.2. The van der Waals surface area contributed by atoms with Crippen molar-refractivity contribution in [3.8, 4) is 0 Å². The highest BCUT2D eigenvalue weighted by Gasteiger charge is 2.32. The van der Waals surface area contributed by atoms with Crippen LogP contribution in [0.25, 0.3) is 0 Å². The van der Waals surface area contributed by atoms with E-state index in [0.717, 1.165) is 25.1 Å². The van der Waals surface area contributed by atoms with Gasteiger partial charge in [-0.1, -0.05) is 5.16 Å². The molecule has 3 rings (SSSR count). The second kappa shape index (κ2) is 7.90. The first-order valence-electron chi connectivity index (χ1n) is 8.53. The van der Waals surface area contributed by atoms with E-state index < -0.39 is 6.17 Å². The average molecular weight is 336 g/mol. The minimum Gasteiger partial charge on any atom is -0.469 e. The Morgan fingerprint density at radius 1 is 1.50 bits per heavy atom. The van der Waals surface area contributed by atoms with Crippen molar-refractivity contribution in [3.63, 3.8) is 0 Å². The lowest BCUT2D eigenvalue weighted by Crippen LogP contribution is -2.41. The third-order valence-electron chi connectivity index (χ3n) is 4.50. The fourth-order valence-electron chi connectivity index (χ4n) is 3.17. The summed E-state index contributed by atoms with van der Waals surface area (Å²) in [6.45, 7) is 5.64. The predicted octanol–water partition coefficient (Wildman–Crippen LogP) is 2.49. The Labute approximate surface area is 141 Å². The molecule has 0 unspecified atom stereocenters. The van der Waals surface area contributed by atoms with Crippen LogP contribution in [0.4, 0.5) is 4.39 Å². The number of hydrogen-bond donors (Lipinski definition) is 1. The lowest BCUT2D eigenvalue weighted by atomic mass is 10.1. The highest BCUT2D eigenvalue weighted by molar-refractivity contribution is 4.98. The predicted molar refractivity (Wildman–Crippen MR) is 87.2 cm³/mol. The van der Waals surface area contributed by atoms with Crippen molar-refractivity contribution in [1.82, 2.24) is 20.4 Å². The standard InChI is InChI=1S/C17H25FN4O2/c1-12(5-6-16-4-3-7-23-16)19-9-15-8-14(18)10-22(15)11-17-20-13(2)24-21-17/h3-4,7,12,14-15,19H,5-6,8-11H2,1-2H3/t12-,14-,15-/m0/s1. The van der Waals surface area contributed by atoms with Gasteiger partial charge in [-0.05, 0) is 31.9 Å². The number of nitrogens with one attached hydrogen (secondary N) is 1. The summed E-state index contributed by atoms with van der Waals surface area (Å²) in [5.41, 5.74) is 0. The van der Waals surface area contributed by atoms with Crippen LogP contribution >= 0.6 is 0 Å². The second-order valence-electron chi connectivity index (χ2n) is 6.57. The van der Waals surface area contributed by atoms with E-state index in [0.29, 0.717) is 37.3 Å². The normalized spacial score (nSPS) is 23.0. The van der Waals surface area contributed by atoms with E-state index in [2.05, 4.69) is 27.3 Å². The Balaban J connectivity index is 1.45. The first-order valence-corrected chi connectivity index (χ1v) is 8.53. The maximum absolute atomic E-state index is 13.8. The Morgan fingerprint density at radius 3 is 3.08 bits per heavy atom. The van der Waals surface area contributed by atoms with E-state index >= 15 is 0 Å². The topological polar surface area (TPSA) is 67.3 Å². The van der Waals surface area contributed by atoms with Crippen LogP contribution in [0.15, 0.2) is 27.3 Å². The van der Waals surface area contributed by atoms with Crippen molar-refractivity contribution in [1.29, 1.82) is 0 Å². The number of alkyl halides is 1. The second-order valence-corrected chi connectivity index (χ2v) is 6.57. The zero-order valence-corrected chi connectivity index (χ0v) is 14.2. The van der Waals surface area contributed by atoms with Gasteiger partial charge in [0.15, 0.2) is 5.82 Å². The molecule has 2 aromatic heterocycles. The Morgan fingerprint density at radius 2 is 2.38 bits per heavy atom. The molecule has 3 heterocycles. The van der Waals surface area contributed by atoms with E-state index in [1.165, 1.54) is 0 Å².